The second kappa shape index (κ2) is 9.97. The molecule has 0 saturated heterocycles. The first kappa shape index (κ1) is 25.2. The highest BCUT2D eigenvalue weighted by Gasteiger charge is 2.35. The molecule has 0 spiro atoms. The van der Waals surface area contributed by atoms with Gasteiger partial charge in [0.15, 0.2) is 0 Å². The van der Waals surface area contributed by atoms with Crippen molar-refractivity contribution in [1.29, 1.82) is 0 Å². The van der Waals surface area contributed by atoms with Gasteiger partial charge in [0.2, 0.25) is 0 Å². The van der Waals surface area contributed by atoms with Gasteiger partial charge in [-0.05, 0) is 67.8 Å². The summed E-state index contributed by atoms with van der Waals surface area (Å²) in [5, 5.41) is 14.0. The van der Waals surface area contributed by atoms with E-state index >= 15 is 0 Å². The molecule has 0 saturated carbocycles. The Morgan fingerprint density at radius 3 is 2.58 bits per heavy atom. The first-order chi connectivity index (χ1) is 17.0. The molecule has 2 N–H and O–H groups in total. The number of anilines is 2. The van der Waals surface area contributed by atoms with Crippen LogP contribution in [0.25, 0.3) is 0 Å². The summed E-state index contributed by atoms with van der Waals surface area (Å²) in [7, 11) is 0. The summed E-state index contributed by atoms with van der Waals surface area (Å²) in [4.78, 5) is 27.7. The Labute approximate surface area is 212 Å². The molecular formula is C28H33N5O3. The highest BCUT2D eigenvalue weighted by molar-refractivity contribution is 6.08. The number of benzene rings is 2. The van der Waals surface area contributed by atoms with E-state index in [2.05, 4.69) is 34.7 Å². The van der Waals surface area contributed by atoms with Gasteiger partial charge in [0.1, 0.15) is 5.60 Å². The number of carbonyl (C=O) groups is 2. The Kier molecular flexibility index (Phi) is 6.97. The van der Waals surface area contributed by atoms with Gasteiger partial charge in [-0.25, -0.2) is 4.79 Å². The number of aromatic nitrogens is 2. The molecule has 0 atom stereocenters. The predicted molar refractivity (Wildman–Crippen MR) is 140 cm³/mol. The smallest absolute Gasteiger partial charge is 0.410 e. The summed E-state index contributed by atoms with van der Waals surface area (Å²) in [5.41, 5.74) is 4.24. The van der Waals surface area contributed by atoms with Gasteiger partial charge in [-0.3, -0.25) is 4.79 Å². The molecule has 8 heteroatoms. The molecule has 0 bridgehead atoms. The maximum absolute atomic E-state index is 13.2. The Hall–Kier alpha value is -3.94. The van der Waals surface area contributed by atoms with Gasteiger partial charge in [0, 0.05) is 42.6 Å². The van der Waals surface area contributed by atoms with Crippen molar-refractivity contribution in [2.75, 3.05) is 17.2 Å². The van der Waals surface area contributed by atoms with Gasteiger partial charge in [0.05, 0.1) is 11.8 Å². The molecule has 2 aromatic carbocycles. The monoisotopic (exact) mass is 487 g/mol. The number of carbonyl (C=O) groups excluding carboxylic acids is 2. The molecule has 0 fully saturated rings. The van der Waals surface area contributed by atoms with E-state index in [1.54, 1.807) is 23.4 Å². The lowest BCUT2D eigenvalue weighted by Crippen LogP contribution is -2.46. The third-order valence-corrected chi connectivity index (χ3v) is 5.99. The SMILES string of the molecule is CC(C)(C)OC(=O)N1Cc2cc(NC(=O)c3ccccc3NCc3ccnnc3)ccc2C(C)(C)C1. The molecule has 8 nitrogen and oxygen atoms in total. The van der Waals surface area contributed by atoms with Crippen molar-refractivity contribution in [3.63, 3.8) is 0 Å². The first-order valence-electron chi connectivity index (χ1n) is 12.0. The Morgan fingerprint density at radius 1 is 1.08 bits per heavy atom. The molecule has 2 amide bonds. The molecule has 0 aliphatic carbocycles. The topological polar surface area (TPSA) is 96.5 Å². The largest absolute Gasteiger partial charge is 0.444 e. The fraction of sp³-hybridized carbons (Fsp3) is 0.357. The average molecular weight is 488 g/mol. The quantitative estimate of drug-likeness (QED) is 0.502. The minimum atomic E-state index is -0.563. The lowest BCUT2D eigenvalue weighted by Gasteiger charge is -2.40. The molecule has 1 aliphatic heterocycles. The summed E-state index contributed by atoms with van der Waals surface area (Å²) in [5.74, 6) is -0.218. The standard InChI is InChI=1S/C28H33N5O3/c1-27(2,3)36-26(35)33-17-20-14-21(10-11-23(20)28(4,5)18-33)32-25(34)22-8-6-7-9-24(22)29-15-19-12-13-30-31-16-19/h6-14,16,29H,15,17-18H2,1-5H3,(H,32,34). The second-order valence-electron chi connectivity index (χ2n) is 10.7. The second-order valence-corrected chi connectivity index (χ2v) is 10.7. The van der Waals surface area contributed by atoms with E-state index in [-0.39, 0.29) is 17.4 Å². The van der Waals surface area contributed by atoms with Crippen molar-refractivity contribution in [1.82, 2.24) is 15.1 Å². The number of nitrogens with zero attached hydrogens (tertiary/aromatic N) is 3. The Balaban J connectivity index is 1.51. The number of amides is 2. The van der Waals surface area contributed by atoms with Crippen molar-refractivity contribution in [2.45, 2.75) is 58.7 Å². The fourth-order valence-electron chi connectivity index (χ4n) is 4.40. The van der Waals surface area contributed by atoms with Gasteiger partial charge >= 0.3 is 6.09 Å². The van der Waals surface area contributed by atoms with Crippen molar-refractivity contribution in [3.8, 4) is 0 Å². The summed E-state index contributed by atoms with van der Waals surface area (Å²) >= 11 is 0. The van der Waals surface area contributed by atoms with Crippen molar-refractivity contribution < 1.29 is 14.3 Å². The Bertz CT molecular complexity index is 1250. The third-order valence-electron chi connectivity index (χ3n) is 5.99. The minimum Gasteiger partial charge on any atom is -0.444 e. The molecule has 0 radical (unpaired) electrons. The van der Waals surface area contributed by atoms with Gasteiger partial charge < -0.3 is 20.3 Å². The van der Waals surface area contributed by atoms with Crippen LogP contribution in [0.3, 0.4) is 0 Å². The number of hydrogen-bond donors (Lipinski definition) is 2. The highest BCUT2D eigenvalue weighted by atomic mass is 16.6. The molecule has 1 aliphatic rings. The molecule has 3 aromatic rings. The van der Waals surface area contributed by atoms with Gasteiger partial charge in [0.25, 0.3) is 5.91 Å². The van der Waals surface area contributed by atoms with Gasteiger partial charge in [-0.15, -0.1) is 0 Å². The van der Waals surface area contributed by atoms with Gasteiger partial charge in [-0.2, -0.15) is 10.2 Å². The molecule has 1 aromatic heterocycles. The Morgan fingerprint density at radius 2 is 1.86 bits per heavy atom. The maximum atomic E-state index is 13.2. The van der Waals surface area contributed by atoms with E-state index in [9.17, 15) is 9.59 Å². The van der Waals surface area contributed by atoms with Crippen LogP contribution < -0.4 is 10.6 Å². The molecule has 0 unspecified atom stereocenters. The lowest BCUT2D eigenvalue weighted by molar-refractivity contribution is 0.0174. The lowest BCUT2D eigenvalue weighted by atomic mass is 9.78. The van der Waals surface area contributed by atoms with Crippen LogP contribution in [0.1, 0.15) is 61.7 Å². The van der Waals surface area contributed by atoms with Crippen LogP contribution in [0.5, 0.6) is 0 Å². The normalized spacial score (nSPS) is 14.5. The number of hydrogen-bond acceptors (Lipinski definition) is 6. The first-order valence-corrected chi connectivity index (χ1v) is 12.0. The number of nitrogens with one attached hydrogen (secondary N) is 2. The minimum absolute atomic E-state index is 0.218. The van der Waals surface area contributed by atoms with Crippen LogP contribution in [0.4, 0.5) is 16.2 Å². The molecule has 36 heavy (non-hydrogen) atoms. The van der Waals surface area contributed by atoms with Crippen molar-refractivity contribution >= 4 is 23.4 Å². The maximum Gasteiger partial charge on any atom is 0.410 e. The third kappa shape index (κ3) is 6.00. The van der Waals surface area contributed by atoms with Crippen LogP contribution in [0, 0.1) is 0 Å². The number of ether oxygens (including phenoxy) is 1. The van der Waals surface area contributed by atoms with E-state index in [1.165, 1.54) is 0 Å². The van der Waals surface area contributed by atoms with Crippen LogP contribution in [0.2, 0.25) is 0 Å². The summed E-state index contributed by atoms with van der Waals surface area (Å²) in [6, 6.07) is 15.2. The summed E-state index contributed by atoms with van der Waals surface area (Å²) in [6.07, 6.45) is 2.99. The van der Waals surface area contributed by atoms with Crippen molar-refractivity contribution in [3.05, 3.63) is 83.2 Å². The van der Waals surface area contributed by atoms with Crippen molar-refractivity contribution in [2.24, 2.45) is 0 Å². The van der Waals surface area contributed by atoms with Crippen LogP contribution >= 0.6 is 0 Å². The summed E-state index contributed by atoms with van der Waals surface area (Å²) < 4.78 is 5.61. The van der Waals surface area contributed by atoms with Crippen LogP contribution in [-0.4, -0.2) is 39.2 Å². The molecule has 4 rings (SSSR count). The highest BCUT2D eigenvalue weighted by Crippen LogP contribution is 2.35. The zero-order valence-electron chi connectivity index (χ0n) is 21.5. The summed E-state index contributed by atoms with van der Waals surface area (Å²) in [6.45, 7) is 11.3. The predicted octanol–water partition coefficient (Wildman–Crippen LogP) is 5.37. The number of fused-ring (bicyclic) bond motifs is 1. The number of rotatable bonds is 5. The van der Waals surface area contributed by atoms with Crippen LogP contribution in [-0.2, 0) is 23.2 Å². The zero-order valence-corrected chi connectivity index (χ0v) is 21.5. The van der Waals surface area contributed by atoms with Gasteiger partial charge in [-0.1, -0.05) is 32.0 Å². The fourth-order valence-corrected chi connectivity index (χ4v) is 4.40. The van der Waals surface area contributed by atoms with E-state index in [1.807, 2.05) is 63.2 Å². The van der Waals surface area contributed by atoms with E-state index in [4.69, 9.17) is 4.74 Å². The molecule has 188 valence electrons. The van der Waals surface area contributed by atoms with E-state index < -0.39 is 5.60 Å². The molecule has 2 heterocycles. The zero-order chi connectivity index (χ0) is 25.9. The molecular weight excluding hydrogens is 454 g/mol. The van der Waals surface area contributed by atoms with E-state index in [0.29, 0.717) is 30.9 Å². The number of para-hydroxylation sites is 1. The van der Waals surface area contributed by atoms with E-state index in [0.717, 1.165) is 22.4 Å². The van der Waals surface area contributed by atoms with Crippen LogP contribution in [0.15, 0.2) is 60.9 Å². The average Bonchev–Trinajstić information content (AvgIpc) is 2.82.